The average molecular weight is 458 g/mol. The van der Waals surface area contributed by atoms with Crippen molar-refractivity contribution in [1.82, 2.24) is 0 Å². The summed E-state index contributed by atoms with van der Waals surface area (Å²) in [6.07, 6.45) is -21.1. The van der Waals surface area contributed by atoms with Crippen LogP contribution in [0.4, 0.5) is 0 Å². The predicted octanol–water partition coefficient (Wildman–Crippen LogP) is -5.91. The van der Waals surface area contributed by atoms with Crippen molar-refractivity contribution in [2.24, 2.45) is 0 Å². The van der Waals surface area contributed by atoms with Crippen LogP contribution in [0.5, 0.6) is 0 Å². The third-order valence-corrected chi connectivity index (χ3v) is 5.65. The molecule has 0 saturated carbocycles. The molecule has 14 heteroatoms. The van der Waals surface area contributed by atoms with E-state index in [9.17, 15) is 46.0 Å². The third-order valence-electron chi connectivity index (χ3n) is 5.65. The largest absolute Gasteiger partial charge is 0.394 e. The highest BCUT2D eigenvalue weighted by Crippen LogP contribution is 2.31. The van der Waals surface area contributed by atoms with E-state index < -0.39 is 92.6 Å². The van der Waals surface area contributed by atoms with Crippen LogP contribution < -0.4 is 0 Å². The number of aliphatic hydroxyl groups excluding tert-OH is 9. The topological polar surface area (TPSA) is 228 Å². The lowest BCUT2D eigenvalue weighted by atomic mass is 9.97. The molecule has 14 nitrogen and oxygen atoms in total. The van der Waals surface area contributed by atoms with Gasteiger partial charge in [-0.25, -0.2) is 0 Å². The van der Waals surface area contributed by atoms with Crippen molar-refractivity contribution in [3.8, 4) is 0 Å². The first-order valence-electron chi connectivity index (χ1n) is 9.85. The Bertz CT molecular complexity index is 579. The Morgan fingerprint density at radius 1 is 0.710 bits per heavy atom. The molecule has 3 aliphatic heterocycles. The van der Waals surface area contributed by atoms with E-state index >= 15 is 0 Å². The van der Waals surface area contributed by atoms with Crippen LogP contribution in [0.3, 0.4) is 0 Å². The van der Waals surface area contributed by atoms with E-state index in [1.807, 2.05) is 0 Å². The minimum absolute atomic E-state index is 0.365. The maximum Gasteiger partial charge on any atom is 0.187 e. The third kappa shape index (κ3) is 5.02. The first-order valence-corrected chi connectivity index (χ1v) is 9.85. The van der Waals surface area contributed by atoms with Gasteiger partial charge in [-0.1, -0.05) is 0 Å². The number of hydrogen-bond donors (Lipinski definition) is 9. The lowest BCUT2D eigenvalue weighted by molar-refractivity contribution is -0.370. The smallest absolute Gasteiger partial charge is 0.187 e. The summed E-state index contributed by atoms with van der Waals surface area (Å²) in [7, 11) is 0. The zero-order chi connectivity index (χ0) is 23.0. The highest BCUT2D eigenvalue weighted by molar-refractivity contribution is 4.94. The van der Waals surface area contributed by atoms with Gasteiger partial charge in [0.1, 0.15) is 61.0 Å². The molecule has 0 aromatic rings. The first kappa shape index (κ1) is 25.1. The molecule has 0 aromatic carbocycles. The molecule has 0 spiro atoms. The van der Waals surface area contributed by atoms with Crippen molar-refractivity contribution in [2.75, 3.05) is 13.2 Å². The van der Waals surface area contributed by atoms with Crippen molar-refractivity contribution in [1.29, 1.82) is 0 Å². The van der Waals surface area contributed by atoms with Crippen molar-refractivity contribution >= 4 is 0 Å². The zero-order valence-corrected chi connectivity index (χ0v) is 16.6. The fourth-order valence-electron chi connectivity index (χ4n) is 3.75. The van der Waals surface area contributed by atoms with Crippen molar-refractivity contribution in [2.45, 2.75) is 92.9 Å². The van der Waals surface area contributed by atoms with Gasteiger partial charge in [0.15, 0.2) is 18.9 Å². The summed E-state index contributed by atoms with van der Waals surface area (Å²) in [4.78, 5) is 0. The lowest BCUT2D eigenvalue weighted by Crippen LogP contribution is -2.65. The summed E-state index contributed by atoms with van der Waals surface area (Å²) in [5.74, 6) is 0. The Hall–Kier alpha value is -0.560. The maximum atomic E-state index is 10.5. The van der Waals surface area contributed by atoms with Crippen molar-refractivity contribution in [3.63, 3.8) is 0 Å². The van der Waals surface area contributed by atoms with Gasteiger partial charge in [-0.2, -0.15) is 0 Å². The van der Waals surface area contributed by atoms with E-state index in [-0.39, 0.29) is 6.61 Å². The fourth-order valence-corrected chi connectivity index (χ4v) is 3.75. The van der Waals surface area contributed by atoms with Crippen LogP contribution in [0.2, 0.25) is 0 Å². The maximum absolute atomic E-state index is 10.5. The molecular weight excluding hydrogens is 428 g/mol. The van der Waals surface area contributed by atoms with E-state index in [4.69, 9.17) is 23.7 Å². The van der Waals surface area contributed by atoms with Crippen LogP contribution >= 0.6 is 0 Å². The minimum Gasteiger partial charge on any atom is -0.394 e. The van der Waals surface area contributed by atoms with Crippen LogP contribution in [-0.2, 0) is 23.7 Å². The van der Waals surface area contributed by atoms with Gasteiger partial charge in [-0.3, -0.25) is 0 Å². The quantitative estimate of drug-likeness (QED) is 0.187. The molecule has 0 aliphatic carbocycles. The van der Waals surface area contributed by atoms with E-state index in [0.717, 1.165) is 0 Å². The summed E-state index contributed by atoms with van der Waals surface area (Å²) >= 11 is 0. The molecule has 3 rings (SSSR count). The number of ether oxygens (including phenoxy) is 5. The predicted molar refractivity (Wildman–Crippen MR) is 93.8 cm³/mol. The minimum atomic E-state index is -1.77. The molecule has 3 saturated heterocycles. The van der Waals surface area contributed by atoms with Crippen LogP contribution in [0.1, 0.15) is 6.92 Å². The summed E-state index contributed by atoms with van der Waals surface area (Å²) in [5, 5.41) is 89.4. The highest BCUT2D eigenvalue weighted by Gasteiger charge is 2.51. The molecule has 14 atom stereocenters. The molecule has 9 N–H and O–H groups in total. The van der Waals surface area contributed by atoms with Crippen LogP contribution in [0.25, 0.3) is 0 Å². The Morgan fingerprint density at radius 3 is 1.94 bits per heavy atom. The van der Waals surface area contributed by atoms with Crippen molar-refractivity contribution in [3.05, 3.63) is 0 Å². The van der Waals surface area contributed by atoms with E-state index in [1.54, 1.807) is 0 Å². The lowest BCUT2D eigenvalue weighted by Gasteiger charge is -2.47. The van der Waals surface area contributed by atoms with Gasteiger partial charge in [0.2, 0.25) is 0 Å². The molecule has 0 aromatic heterocycles. The Labute approximate surface area is 176 Å². The van der Waals surface area contributed by atoms with Crippen molar-refractivity contribution < 1.29 is 69.6 Å². The van der Waals surface area contributed by atoms with Crippen LogP contribution in [-0.4, -0.2) is 145 Å². The molecule has 31 heavy (non-hydrogen) atoms. The van der Waals surface area contributed by atoms with Gasteiger partial charge in [-0.15, -0.1) is 0 Å². The summed E-state index contributed by atoms with van der Waals surface area (Å²) in [5.41, 5.74) is 0. The van der Waals surface area contributed by atoms with Gasteiger partial charge in [0.05, 0.1) is 19.3 Å². The second-order valence-corrected chi connectivity index (χ2v) is 7.87. The van der Waals surface area contributed by atoms with E-state index in [0.29, 0.717) is 0 Å². The molecule has 3 aliphatic rings. The molecule has 0 bridgehead atoms. The normalized spacial score (nSPS) is 54.0. The second-order valence-electron chi connectivity index (χ2n) is 7.87. The van der Waals surface area contributed by atoms with Gasteiger partial charge in [0.25, 0.3) is 0 Å². The second kappa shape index (κ2) is 10.1. The molecule has 3 heterocycles. The highest BCUT2D eigenvalue weighted by atomic mass is 16.7. The SMILES string of the molecule is C[C@@H]1O[C@@H](O)[C@@H](O)[C@@H](O)[C@@H]1O[C@H]1O[C@@H](CO)[C@@H](O[C@H]2OC[C@@H](O)[C@@H](O)[C@H]2O)[C@@H](O)[C@H]1O. The van der Waals surface area contributed by atoms with Crippen LogP contribution in [0.15, 0.2) is 0 Å². The molecule has 0 unspecified atom stereocenters. The molecule has 0 amide bonds. The monoisotopic (exact) mass is 458 g/mol. The van der Waals surface area contributed by atoms with Gasteiger partial charge < -0.3 is 69.6 Å². The molecule has 0 radical (unpaired) electrons. The fraction of sp³-hybridized carbons (Fsp3) is 1.00. The Balaban J connectivity index is 1.68. The molecule has 3 fully saturated rings. The number of aliphatic hydroxyl groups is 9. The Morgan fingerprint density at radius 2 is 1.29 bits per heavy atom. The number of hydrogen-bond acceptors (Lipinski definition) is 14. The van der Waals surface area contributed by atoms with Gasteiger partial charge in [0, 0.05) is 0 Å². The summed E-state index contributed by atoms with van der Waals surface area (Å²) in [6.45, 7) is 0.352. The standard InChI is InChI=1S/C17H30O14/c1-4-13(8(21)10(23)15(26)28-4)30-17-12(25)9(22)14(6(2-18)29-17)31-16-11(24)7(20)5(19)3-27-16/h4-26H,2-3H2,1H3/t4-,5+,6-,7+,8+,9-,10-,11+,12+,13+,14+,15+,16+,17+/m0/s1. The number of rotatable bonds is 5. The van der Waals surface area contributed by atoms with E-state index in [2.05, 4.69) is 0 Å². The van der Waals surface area contributed by atoms with Crippen LogP contribution in [0, 0.1) is 0 Å². The summed E-state index contributed by atoms with van der Waals surface area (Å²) < 4.78 is 26.5. The molecular formula is C17H30O14. The van der Waals surface area contributed by atoms with Gasteiger partial charge in [-0.05, 0) is 6.92 Å². The zero-order valence-electron chi connectivity index (χ0n) is 16.6. The van der Waals surface area contributed by atoms with Gasteiger partial charge >= 0.3 is 0 Å². The first-order chi connectivity index (χ1) is 14.6. The molecule has 182 valence electrons. The summed E-state index contributed by atoms with van der Waals surface area (Å²) in [6, 6.07) is 0. The average Bonchev–Trinajstić information content (AvgIpc) is 2.74. The van der Waals surface area contributed by atoms with E-state index in [1.165, 1.54) is 6.92 Å². The Kier molecular flexibility index (Phi) is 8.21.